The number of rotatable bonds is 14. The van der Waals surface area contributed by atoms with Gasteiger partial charge in [-0.2, -0.15) is 0 Å². The quantitative estimate of drug-likeness (QED) is 0.327. The molecule has 0 aromatic heterocycles. The number of hydrogen-bond acceptors (Lipinski definition) is 2. The SMILES string of the molecule is C=CCC(C)(COCCCCC)COCCCCC. The first-order chi connectivity index (χ1) is 9.18. The van der Waals surface area contributed by atoms with Crippen molar-refractivity contribution >= 4 is 0 Å². The van der Waals surface area contributed by atoms with E-state index in [2.05, 4.69) is 27.4 Å². The normalized spacial score (nSPS) is 11.7. The Morgan fingerprint density at radius 2 is 1.37 bits per heavy atom. The third-order valence-electron chi connectivity index (χ3n) is 3.32. The topological polar surface area (TPSA) is 18.5 Å². The molecule has 0 fully saturated rings. The summed E-state index contributed by atoms with van der Waals surface area (Å²) in [7, 11) is 0. The third-order valence-corrected chi connectivity index (χ3v) is 3.32. The van der Waals surface area contributed by atoms with Gasteiger partial charge in [0.05, 0.1) is 13.2 Å². The average Bonchev–Trinajstić information content (AvgIpc) is 2.39. The van der Waals surface area contributed by atoms with Gasteiger partial charge in [-0.1, -0.05) is 52.5 Å². The van der Waals surface area contributed by atoms with Crippen LogP contribution in [0.3, 0.4) is 0 Å². The predicted octanol–water partition coefficient (Wildman–Crippen LogP) is 4.98. The molecule has 114 valence electrons. The van der Waals surface area contributed by atoms with E-state index in [1.54, 1.807) is 0 Å². The number of hydrogen-bond donors (Lipinski definition) is 0. The van der Waals surface area contributed by atoms with Gasteiger partial charge in [-0.15, -0.1) is 6.58 Å². The van der Waals surface area contributed by atoms with Crippen molar-refractivity contribution in [1.82, 2.24) is 0 Å². The van der Waals surface area contributed by atoms with Crippen molar-refractivity contribution in [3.05, 3.63) is 12.7 Å². The highest BCUT2D eigenvalue weighted by atomic mass is 16.5. The van der Waals surface area contributed by atoms with Crippen LogP contribution in [0.1, 0.15) is 65.7 Å². The molecule has 0 aromatic carbocycles. The third kappa shape index (κ3) is 11.2. The van der Waals surface area contributed by atoms with Crippen molar-refractivity contribution in [2.75, 3.05) is 26.4 Å². The second-order valence-corrected chi connectivity index (χ2v) is 5.82. The maximum absolute atomic E-state index is 5.80. The Labute approximate surface area is 120 Å². The molecule has 0 atom stereocenters. The lowest BCUT2D eigenvalue weighted by Crippen LogP contribution is -2.29. The van der Waals surface area contributed by atoms with Crippen LogP contribution in [-0.4, -0.2) is 26.4 Å². The van der Waals surface area contributed by atoms with Crippen molar-refractivity contribution in [2.45, 2.75) is 65.7 Å². The van der Waals surface area contributed by atoms with Gasteiger partial charge in [0.2, 0.25) is 0 Å². The van der Waals surface area contributed by atoms with E-state index in [0.29, 0.717) is 0 Å². The fraction of sp³-hybridized carbons (Fsp3) is 0.882. The lowest BCUT2D eigenvalue weighted by molar-refractivity contribution is -0.0131. The molecule has 0 aliphatic rings. The van der Waals surface area contributed by atoms with Gasteiger partial charge in [0, 0.05) is 18.6 Å². The molecule has 0 aromatic rings. The summed E-state index contributed by atoms with van der Waals surface area (Å²) in [6.07, 6.45) is 10.3. The molecule has 0 radical (unpaired) electrons. The molecule has 0 saturated carbocycles. The maximum Gasteiger partial charge on any atom is 0.0544 e. The van der Waals surface area contributed by atoms with Crippen LogP contribution in [0.2, 0.25) is 0 Å². The summed E-state index contributed by atoms with van der Waals surface area (Å²) in [6, 6.07) is 0. The van der Waals surface area contributed by atoms with Gasteiger partial charge < -0.3 is 9.47 Å². The fourth-order valence-corrected chi connectivity index (χ4v) is 2.05. The van der Waals surface area contributed by atoms with Crippen LogP contribution in [0, 0.1) is 5.41 Å². The maximum atomic E-state index is 5.80. The summed E-state index contributed by atoms with van der Waals surface area (Å²) in [5, 5.41) is 0. The number of allylic oxidation sites excluding steroid dienone is 1. The van der Waals surface area contributed by atoms with Crippen LogP contribution < -0.4 is 0 Å². The molecule has 0 amide bonds. The smallest absolute Gasteiger partial charge is 0.0544 e. The van der Waals surface area contributed by atoms with Crippen LogP contribution in [0.5, 0.6) is 0 Å². The molecule has 0 heterocycles. The van der Waals surface area contributed by atoms with E-state index in [1.165, 1.54) is 25.7 Å². The van der Waals surface area contributed by atoms with Crippen LogP contribution >= 0.6 is 0 Å². The molecular weight excluding hydrogens is 236 g/mol. The van der Waals surface area contributed by atoms with Crippen LogP contribution in [0.15, 0.2) is 12.7 Å². The average molecular weight is 270 g/mol. The van der Waals surface area contributed by atoms with Crippen LogP contribution in [0.25, 0.3) is 0 Å². The molecule has 0 rings (SSSR count). The number of ether oxygens (including phenoxy) is 2. The minimum atomic E-state index is 0.0835. The monoisotopic (exact) mass is 270 g/mol. The van der Waals surface area contributed by atoms with E-state index in [9.17, 15) is 0 Å². The van der Waals surface area contributed by atoms with E-state index >= 15 is 0 Å². The minimum absolute atomic E-state index is 0.0835. The molecule has 0 unspecified atom stereocenters. The van der Waals surface area contributed by atoms with Gasteiger partial charge in [-0.05, 0) is 19.3 Å². The first kappa shape index (κ1) is 18.7. The van der Waals surface area contributed by atoms with Gasteiger partial charge in [-0.3, -0.25) is 0 Å². The fourth-order valence-electron chi connectivity index (χ4n) is 2.05. The largest absolute Gasteiger partial charge is 0.381 e. The summed E-state index contributed by atoms with van der Waals surface area (Å²) in [6.45, 7) is 13.8. The summed E-state index contributed by atoms with van der Waals surface area (Å²) >= 11 is 0. The highest BCUT2D eigenvalue weighted by Gasteiger charge is 2.23. The molecule has 0 aliphatic carbocycles. The van der Waals surface area contributed by atoms with Crippen molar-refractivity contribution in [2.24, 2.45) is 5.41 Å². The Hall–Kier alpha value is -0.340. The summed E-state index contributed by atoms with van der Waals surface area (Å²) in [5.41, 5.74) is 0.0835. The van der Waals surface area contributed by atoms with E-state index < -0.39 is 0 Å². The first-order valence-electron chi connectivity index (χ1n) is 7.95. The first-order valence-corrected chi connectivity index (χ1v) is 7.95. The van der Waals surface area contributed by atoms with Crippen molar-refractivity contribution in [3.8, 4) is 0 Å². The molecule has 19 heavy (non-hydrogen) atoms. The second-order valence-electron chi connectivity index (χ2n) is 5.82. The molecule has 0 N–H and O–H groups in total. The minimum Gasteiger partial charge on any atom is -0.381 e. The molecule has 0 spiro atoms. The van der Waals surface area contributed by atoms with E-state index in [4.69, 9.17) is 9.47 Å². The Balaban J connectivity index is 3.80. The standard InChI is InChI=1S/C17H34O2/c1-5-8-10-13-18-15-17(4,12-7-3)16-19-14-11-9-6-2/h7H,3,5-6,8-16H2,1-2,4H3. The Kier molecular flexibility index (Phi) is 12.5. The van der Waals surface area contributed by atoms with E-state index in [-0.39, 0.29) is 5.41 Å². The summed E-state index contributed by atoms with van der Waals surface area (Å²) < 4.78 is 11.6. The van der Waals surface area contributed by atoms with Crippen molar-refractivity contribution in [3.63, 3.8) is 0 Å². The van der Waals surface area contributed by atoms with Crippen molar-refractivity contribution < 1.29 is 9.47 Å². The zero-order valence-electron chi connectivity index (χ0n) is 13.4. The van der Waals surface area contributed by atoms with Gasteiger partial charge in [0.25, 0.3) is 0 Å². The summed E-state index contributed by atoms with van der Waals surface area (Å²) in [5.74, 6) is 0. The molecule has 0 bridgehead atoms. The van der Waals surface area contributed by atoms with Gasteiger partial charge in [0.15, 0.2) is 0 Å². The van der Waals surface area contributed by atoms with E-state index in [0.717, 1.165) is 45.7 Å². The zero-order chi connectivity index (χ0) is 14.4. The molecular formula is C17H34O2. The van der Waals surface area contributed by atoms with Crippen LogP contribution in [-0.2, 0) is 9.47 Å². The van der Waals surface area contributed by atoms with Crippen LogP contribution in [0.4, 0.5) is 0 Å². The second kappa shape index (κ2) is 12.7. The zero-order valence-corrected chi connectivity index (χ0v) is 13.4. The summed E-state index contributed by atoms with van der Waals surface area (Å²) in [4.78, 5) is 0. The highest BCUT2D eigenvalue weighted by molar-refractivity contribution is 4.83. The molecule has 2 heteroatoms. The van der Waals surface area contributed by atoms with Gasteiger partial charge >= 0.3 is 0 Å². The predicted molar refractivity (Wildman–Crippen MR) is 83.6 cm³/mol. The highest BCUT2D eigenvalue weighted by Crippen LogP contribution is 2.23. The molecule has 2 nitrogen and oxygen atoms in total. The lowest BCUT2D eigenvalue weighted by Gasteiger charge is -2.28. The Bertz CT molecular complexity index is 187. The number of unbranched alkanes of at least 4 members (excludes halogenated alkanes) is 4. The molecule has 0 aliphatic heterocycles. The molecule has 0 saturated heterocycles. The lowest BCUT2D eigenvalue weighted by atomic mass is 9.89. The Morgan fingerprint density at radius 1 is 0.895 bits per heavy atom. The van der Waals surface area contributed by atoms with E-state index in [1.807, 2.05) is 6.08 Å². The van der Waals surface area contributed by atoms with Gasteiger partial charge in [0.1, 0.15) is 0 Å². The van der Waals surface area contributed by atoms with Crippen molar-refractivity contribution in [1.29, 1.82) is 0 Å². The Morgan fingerprint density at radius 3 is 1.74 bits per heavy atom. The van der Waals surface area contributed by atoms with Gasteiger partial charge in [-0.25, -0.2) is 0 Å².